The molecule has 2 aromatic carbocycles. The maximum Gasteiger partial charge on any atom is 0.128 e. The van der Waals surface area contributed by atoms with Crippen LogP contribution >= 0.6 is 0 Å². The van der Waals surface area contributed by atoms with Crippen molar-refractivity contribution in [2.24, 2.45) is 16.5 Å². The van der Waals surface area contributed by atoms with Gasteiger partial charge in [0.05, 0.1) is 6.04 Å². The first kappa shape index (κ1) is 20.4. The van der Waals surface area contributed by atoms with Gasteiger partial charge in [-0.25, -0.2) is 0 Å². The van der Waals surface area contributed by atoms with Crippen LogP contribution in [0.1, 0.15) is 42.4 Å². The van der Waals surface area contributed by atoms with Crippen LogP contribution in [0.25, 0.3) is 5.70 Å². The van der Waals surface area contributed by atoms with Gasteiger partial charge in [-0.3, -0.25) is 9.89 Å². The third-order valence-electron chi connectivity index (χ3n) is 6.67. The van der Waals surface area contributed by atoms with Crippen molar-refractivity contribution in [1.82, 2.24) is 4.90 Å². The smallest absolute Gasteiger partial charge is 0.128 e. The van der Waals surface area contributed by atoms with E-state index in [1.54, 1.807) is 6.08 Å². The molecule has 1 unspecified atom stereocenters. The van der Waals surface area contributed by atoms with Crippen LogP contribution in [0.4, 0.5) is 0 Å². The molecule has 1 heterocycles. The first-order valence-electron chi connectivity index (χ1n) is 10.8. The molecule has 0 radical (unpaired) electrons. The molecular weight excluding hydrogens is 368 g/mol. The number of benzene rings is 2. The van der Waals surface area contributed by atoms with Gasteiger partial charge in [-0.1, -0.05) is 67.3 Å². The van der Waals surface area contributed by atoms with Crippen LogP contribution in [0.3, 0.4) is 0 Å². The quantitative estimate of drug-likeness (QED) is 0.435. The van der Waals surface area contributed by atoms with Crippen molar-refractivity contribution < 1.29 is 0 Å². The Hall–Kier alpha value is -2.85. The number of rotatable bonds is 6. The van der Waals surface area contributed by atoms with Gasteiger partial charge in [0, 0.05) is 23.4 Å². The average Bonchev–Trinajstić information content (AvgIpc) is 3.54. The molecule has 2 aliphatic rings. The van der Waals surface area contributed by atoms with E-state index in [4.69, 9.17) is 16.5 Å². The van der Waals surface area contributed by atoms with Gasteiger partial charge in [-0.2, -0.15) is 0 Å². The zero-order valence-electron chi connectivity index (χ0n) is 17.8. The van der Waals surface area contributed by atoms with Crippen LogP contribution in [0, 0.1) is 0 Å². The van der Waals surface area contributed by atoms with Crippen molar-refractivity contribution in [2.75, 3.05) is 13.6 Å². The highest BCUT2D eigenvalue weighted by Crippen LogP contribution is 2.47. The molecule has 1 saturated carbocycles. The second kappa shape index (κ2) is 8.49. The number of nitrogens with zero attached hydrogens (tertiary/aromatic N) is 2. The van der Waals surface area contributed by atoms with Gasteiger partial charge in [0.25, 0.3) is 0 Å². The number of aliphatic imine (C=N–C) groups is 1. The van der Waals surface area contributed by atoms with Gasteiger partial charge in [-0.15, -0.1) is 0 Å². The molecule has 30 heavy (non-hydrogen) atoms. The highest BCUT2D eigenvalue weighted by Gasteiger charge is 2.48. The summed E-state index contributed by atoms with van der Waals surface area (Å²) in [5.41, 5.74) is 18.1. The summed E-state index contributed by atoms with van der Waals surface area (Å²) in [7, 11) is 2.21. The number of likely N-dealkylation sites (tertiary alicyclic amines) is 1. The fraction of sp³-hybridized carbons (Fsp3) is 0.346. The zero-order valence-corrected chi connectivity index (χ0v) is 17.8. The maximum absolute atomic E-state index is 6.48. The minimum absolute atomic E-state index is 0.220. The Morgan fingerprint density at radius 3 is 2.33 bits per heavy atom. The van der Waals surface area contributed by atoms with Crippen molar-refractivity contribution in [1.29, 1.82) is 0 Å². The molecule has 4 N–H and O–H groups in total. The minimum Gasteiger partial charge on any atom is -0.398 e. The highest BCUT2D eigenvalue weighted by molar-refractivity contribution is 6.05. The summed E-state index contributed by atoms with van der Waals surface area (Å²) in [4.78, 5) is 7.28. The van der Waals surface area contributed by atoms with Crippen LogP contribution in [0.15, 0.2) is 77.8 Å². The Balaban J connectivity index is 1.49. The van der Waals surface area contributed by atoms with E-state index >= 15 is 0 Å². The van der Waals surface area contributed by atoms with Gasteiger partial charge in [0.1, 0.15) is 5.84 Å². The normalized spacial score (nSPS) is 21.9. The molecule has 0 aromatic heterocycles. The lowest BCUT2D eigenvalue weighted by atomic mass is 9.97. The van der Waals surface area contributed by atoms with Crippen LogP contribution in [0.2, 0.25) is 0 Å². The number of nitrogens with two attached hydrogens (primary N) is 2. The molecule has 1 aliphatic heterocycles. The topological polar surface area (TPSA) is 67.6 Å². The molecule has 4 nitrogen and oxygen atoms in total. The van der Waals surface area contributed by atoms with Crippen molar-refractivity contribution in [3.8, 4) is 0 Å². The Morgan fingerprint density at radius 2 is 1.73 bits per heavy atom. The van der Waals surface area contributed by atoms with Crippen molar-refractivity contribution in [3.63, 3.8) is 0 Å². The average molecular weight is 401 g/mol. The number of hydrogen-bond donors (Lipinski definition) is 2. The fourth-order valence-electron chi connectivity index (χ4n) is 4.52. The number of hydrogen-bond acceptors (Lipinski definition) is 3. The lowest BCUT2D eigenvalue weighted by Gasteiger charge is -2.36. The molecule has 156 valence electrons. The van der Waals surface area contributed by atoms with Crippen molar-refractivity contribution in [2.45, 2.75) is 43.7 Å². The number of amidine groups is 1. The molecule has 4 heteroatoms. The van der Waals surface area contributed by atoms with E-state index in [1.165, 1.54) is 30.4 Å². The van der Waals surface area contributed by atoms with Gasteiger partial charge < -0.3 is 11.5 Å². The van der Waals surface area contributed by atoms with Gasteiger partial charge in [0.15, 0.2) is 0 Å². The van der Waals surface area contributed by atoms with E-state index in [-0.39, 0.29) is 6.04 Å². The third kappa shape index (κ3) is 4.34. The molecule has 2 fully saturated rings. The largest absolute Gasteiger partial charge is 0.398 e. The van der Waals surface area contributed by atoms with Crippen LogP contribution in [-0.4, -0.2) is 35.9 Å². The molecule has 0 bridgehead atoms. The first-order chi connectivity index (χ1) is 14.5. The van der Waals surface area contributed by atoms with Gasteiger partial charge in [-0.05, 0) is 55.8 Å². The minimum atomic E-state index is 0.220. The molecule has 4 rings (SSSR count). The van der Waals surface area contributed by atoms with E-state index in [0.717, 1.165) is 30.5 Å². The summed E-state index contributed by atoms with van der Waals surface area (Å²) in [5.74, 6) is 0.487. The summed E-state index contributed by atoms with van der Waals surface area (Å²) in [6.07, 6.45) is 7.56. The SMILES string of the molecule is C=CC(C(N)=NC1CCC2(CC2)N(C)C1)=C(N)c1ccc(Cc2ccccc2)cc1. The predicted molar refractivity (Wildman–Crippen MR) is 126 cm³/mol. The Morgan fingerprint density at radius 1 is 1.07 bits per heavy atom. The Bertz CT molecular complexity index is 952. The standard InChI is InChI=1S/C26H32N4/c1-3-23(25(28)29-22-13-14-26(15-16-26)30(2)18-22)24(27)21-11-9-20(10-12-21)17-19-7-5-4-6-8-19/h3-12,22H,1,13-18,27H2,2H3,(H2,28,29). The van der Waals surface area contributed by atoms with E-state index in [2.05, 4.69) is 67.1 Å². The lowest BCUT2D eigenvalue weighted by molar-refractivity contribution is 0.150. The first-order valence-corrected chi connectivity index (χ1v) is 10.8. The number of likely N-dealkylation sites (N-methyl/N-ethyl adjacent to an activating group) is 1. The van der Waals surface area contributed by atoms with Crippen molar-refractivity contribution in [3.05, 3.63) is 89.5 Å². The molecule has 0 amide bonds. The van der Waals surface area contributed by atoms with E-state index in [9.17, 15) is 0 Å². The monoisotopic (exact) mass is 400 g/mol. The maximum atomic E-state index is 6.48. The van der Waals surface area contributed by atoms with Crippen LogP contribution < -0.4 is 11.5 Å². The van der Waals surface area contributed by atoms with Crippen LogP contribution in [-0.2, 0) is 6.42 Å². The molecule has 2 aromatic rings. The summed E-state index contributed by atoms with van der Waals surface area (Å²) in [5, 5.41) is 0. The van der Waals surface area contributed by atoms with E-state index in [1.807, 2.05) is 6.07 Å². The fourth-order valence-corrected chi connectivity index (χ4v) is 4.52. The summed E-state index contributed by atoms with van der Waals surface area (Å²) < 4.78 is 0. The highest BCUT2D eigenvalue weighted by atomic mass is 15.2. The second-order valence-electron chi connectivity index (χ2n) is 8.70. The summed E-state index contributed by atoms with van der Waals surface area (Å²) >= 11 is 0. The van der Waals surface area contributed by atoms with Gasteiger partial charge >= 0.3 is 0 Å². The molecule has 1 spiro atoms. The van der Waals surface area contributed by atoms with E-state index < -0.39 is 0 Å². The number of piperidine rings is 1. The lowest BCUT2D eigenvalue weighted by Crippen LogP contribution is -2.44. The predicted octanol–water partition coefficient (Wildman–Crippen LogP) is 4.12. The van der Waals surface area contributed by atoms with Gasteiger partial charge in [0.2, 0.25) is 0 Å². The summed E-state index contributed by atoms with van der Waals surface area (Å²) in [6, 6.07) is 19.0. The third-order valence-corrected chi connectivity index (χ3v) is 6.67. The summed E-state index contributed by atoms with van der Waals surface area (Å²) in [6.45, 7) is 4.89. The second-order valence-corrected chi connectivity index (χ2v) is 8.70. The van der Waals surface area contributed by atoms with E-state index in [0.29, 0.717) is 17.1 Å². The molecule has 1 atom stereocenters. The van der Waals surface area contributed by atoms with Crippen molar-refractivity contribution >= 4 is 11.5 Å². The van der Waals surface area contributed by atoms with Crippen LogP contribution in [0.5, 0.6) is 0 Å². The Kier molecular flexibility index (Phi) is 5.78. The molecule has 1 saturated heterocycles. The molecular formula is C26H32N4. The zero-order chi connectivity index (χ0) is 21.1. The molecule has 1 aliphatic carbocycles. The Labute approximate surface area is 180 Å².